The Morgan fingerprint density at radius 3 is 2.44 bits per heavy atom. The fraction of sp³-hybridized carbons (Fsp3) is 0.0909. The molecule has 5 heteroatoms. The smallest absolute Gasteiger partial charge is 0.244 e. The summed E-state index contributed by atoms with van der Waals surface area (Å²) in [5.41, 5.74) is 0.754. The average molecular weight is 376 g/mol. The first-order chi connectivity index (χ1) is 13.2. The van der Waals surface area contributed by atoms with Crippen LogP contribution in [0.3, 0.4) is 0 Å². The third-order valence-electron chi connectivity index (χ3n) is 3.85. The van der Waals surface area contributed by atoms with E-state index in [-0.39, 0.29) is 18.2 Å². The highest BCUT2D eigenvalue weighted by Crippen LogP contribution is 2.19. The average Bonchev–Trinajstić information content (AvgIpc) is 2.69. The third-order valence-corrected chi connectivity index (χ3v) is 4.67. The molecule has 3 aromatic carbocycles. The van der Waals surface area contributed by atoms with Crippen molar-refractivity contribution in [2.24, 2.45) is 0 Å². The summed E-state index contributed by atoms with van der Waals surface area (Å²) < 4.78 is 0. The Kier molecular flexibility index (Phi) is 6.66. The lowest BCUT2D eigenvalue weighted by Crippen LogP contribution is -2.26. The molecule has 27 heavy (non-hydrogen) atoms. The maximum atomic E-state index is 12.0. The van der Waals surface area contributed by atoms with Gasteiger partial charge in [0.25, 0.3) is 0 Å². The van der Waals surface area contributed by atoms with Gasteiger partial charge in [0.05, 0.1) is 0 Å². The van der Waals surface area contributed by atoms with Gasteiger partial charge in [-0.05, 0) is 40.4 Å². The summed E-state index contributed by atoms with van der Waals surface area (Å²) in [7, 11) is 0. The zero-order chi connectivity index (χ0) is 18.9. The van der Waals surface area contributed by atoms with E-state index in [9.17, 15) is 9.59 Å². The Bertz CT molecular complexity index is 955. The van der Waals surface area contributed by atoms with Gasteiger partial charge in [-0.15, -0.1) is 0 Å². The second-order valence-electron chi connectivity index (χ2n) is 5.88. The number of amides is 2. The molecule has 0 aliphatic heterocycles. The summed E-state index contributed by atoms with van der Waals surface area (Å²) >= 11 is 1.47. The minimum atomic E-state index is -0.211. The van der Waals surface area contributed by atoms with Crippen LogP contribution in [0.25, 0.3) is 10.8 Å². The monoisotopic (exact) mass is 376 g/mol. The van der Waals surface area contributed by atoms with Crippen molar-refractivity contribution >= 4 is 40.0 Å². The number of fused-ring (bicyclic) bond motifs is 1. The predicted molar refractivity (Wildman–Crippen MR) is 112 cm³/mol. The molecule has 0 saturated carbocycles. The molecular formula is C22H20N2O2S. The molecule has 2 N–H and O–H groups in total. The fourth-order valence-corrected chi connectivity index (χ4v) is 3.19. The molecule has 3 aromatic rings. The lowest BCUT2D eigenvalue weighted by molar-refractivity contribution is -0.117. The van der Waals surface area contributed by atoms with Gasteiger partial charge in [0.1, 0.15) is 0 Å². The standard InChI is InChI=1S/C22H20N2O2S/c25-21(13-15-27-20-8-2-1-3-9-20)23-14-12-22(26)24-19-11-10-17-6-4-5-7-18(17)16-19/h1-11,13,15-16H,12,14H2,(H,23,25)(H,24,26). The molecule has 2 amide bonds. The molecule has 0 aromatic heterocycles. The zero-order valence-electron chi connectivity index (χ0n) is 14.7. The van der Waals surface area contributed by atoms with Crippen LogP contribution in [-0.4, -0.2) is 18.4 Å². The number of anilines is 1. The van der Waals surface area contributed by atoms with Crippen LogP contribution >= 0.6 is 11.8 Å². The molecule has 136 valence electrons. The van der Waals surface area contributed by atoms with Gasteiger partial charge in [0, 0.05) is 29.6 Å². The number of rotatable bonds is 7. The van der Waals surface area contributed by atoms with Gasteiger partial charge in [-0.2, -0.15) is 0 Å². The van der Waals surface area contributed by atoms with E-state index in [0.717, 1.165) is 21.4 Å². The minimum absolute atomic E-state index is 0.131. The Morgan fingerprint density at radius 2 is 1.63 bits per heavy atom. The van der Waals surface area contributed by atoms with E-state index >= 15 is 0 Å². The van der Waals surface area contributed by atoms with Crippen LogP contribution in [0.4, 0.5) is 5.69 Å². The number of carbonyl (C=O) groups excluding carboxylic acids is 2. The van der Waals surface area contributed by atoms with Gasteiger partial charge >= 0.3 is 0 Å². The summed E-state index contributed by atoms with van der Waals surface area (Å²) in [6, 6.07) is 23.6. The number of hydrogen-bond acceptors (Lipinski definition) is 3. The first kappa shape index (κ1) is 18.7. The molecule has 0 atom stereocenters. The quantitative estimate of drug-likeness (QED) is 0.468. The van der Waals surface area contributed by atoms with Crippen LogP contribution in [0.5, 0.6) is 0 Å². The first-order valence-electron chi connectivity index (χ1n) is 8.65. The van der Waals surface area contributed by atoms with E-state index in [0.29, 0.717) is 6.54 Å². The molecule has 0 spiro atoms. The van der Waals surface area contributed by atoms with E-state index in [4.69, 9.17) is 0 Å². The van der Waals surface area contributed by atoms with Crippen molar-refractivity contribution in [3.05, 3.63) is 84.3 Å². The second kappa shape index (κ2) is 9.59. The van der Waals surface area contributed by atoms with E-state index in [1.165, 1.54) is 17.8 Å². The van der Waals surface area contributed by atoms with Gasteiger partial charge in [0.15, 0.2) is 0 Å². The minimum Gasteiger partial charge on any atom is -0.352 e. The summed E-state index contributed by atoms with van der Waals surface area (Å²) in [6.07, 6.45) is 1.69. The van der Waals surface area contributed by atoms with Crippen molar-refractivity contribution < 1.29 is 9.59 Å². The fourth-order valence-electron chi connectivity index (χ4n) is 2.52. The first-order valence-corrected chi connectivity index (χ1v) is 9.53. The van der Waals surface area contributed by atoms with Crippen LogP contribution in [0.1, 0.15) is 6.42 Å². The maximum absolute atomic E-state index is 12.0. The van der Waals surface area contributed by atoms with Crippen molar-refractivity contribution in [3.8, 4) is 0 Å². The Hall–Kier alpha value is -3.05. The van der Waals surface area contributed by atoms with E-state index in [2.05, 4.69) is 10.6 Å². The summed E-state index contributed by atoms with van der Waals surface area (Å²) in [5.74, 6) is -0.342. The van der Waals surface area contributed by atoms with E-state index < -0.39 is 0 Å². The molecule has 0 bridgehead atoms. The molecule has 0 saturated heterocycles. The molecule has 0 unspecified atom stereocenters. The van der Waals surface area contributed by atoms with Crippen LogP contribution < -0.4 is 10.6 Å². The van der Waals surface area contributed by atoms with Crippen LogP contribution in [0.15, 0.2) is 89.2 Å². The largest absolute Gasteiger partial charge is 0.352 e. The lowest BCUT2D eigenvalue weighted by atomic mass is 10.1. The summed E-state index contributed by atoms with van der Waals surface area (Å²) in [4.78, 5) is 24.9. The van der Waals surface area contributed by atoms with Crippen molar-refractivity contribution in [2.45, 2.75) is 11.3 Å². The molecule has 0 aliphatic carbocycles. The number of nitrogens with one attached hydrogen (secondary N) is 2. The molecule has 0 radical (unpaired) electrons. The van der Waals surface area contributed by atoms with Gasteiger partial charge in [-0.25, -0.2) is 0 Å². The van der Waals surface area contributed by atoms with Gasteiger partial charge < -0.3 is 10.6 Å². The third kappa shape index (κ3) is 6.01. The van der Waals surface area contributed by atoms with E-state index in [1.54, 1.807) is 5.41 Å². The highest BCUT2D eigenvalue weighted by molar-refractivity contribution is 8.02. The van der Waals surface area contributed by atoms with Crippen molar-refractivity contribution in [3.63, 3.8) is 0 Å². The lowest BCUT2D eigenvalue weighted by Gasteiger charge is -2.07. The van der Waals surface area contributed by atoms with Crippen LogP contribution in [0, 0.1) is 0 Å². The Balaban J connectivity index is 1.40. The topological polar surface area (TPSA) is 58.2 Å². The summed E-state index contributed by atoms with van der Waals surface area (Å²) in [6.45, 7) is 0.290. The molecule has 0 heterocycles. The number of thioether (sulfide) groups is 1. The number of hydrogen-bond donors (Lipinski definition) is 2. The van der Waals surface area contributed by atoms with Gasteiger partial charge in [-0.1, -0.05) is 60.3 Å². The molecule has 0 fully saturated rings. The molecular weight excluding hydrogens is 356 g/mol. The molecule has 0 aliphatic rings. The van der Waals surface area contributed by atoms with E-state index in [1.807, 2.05) is 72.8 Å². The van der Waals surface area contributed by atoms with Gasteiger partial charge in [-0.3, -0.25) is 9.59 Å². The molecule has 3 rings (SSSR count). The number of benzene rings is 3. The summed E-state index contributed by atoms with van der Waals surface area (Å²) in [5, 5.41) is 9.51. The predicted octanol–water partition coefficient (Wildman–Crippen LogP) is 4.59. The van der Waals surface area contributed by atoms with Crippen LogP contribution in [0.2, 0.25) is 0 Å². The van der Waals surface area contributed by atoms with Crippen molar-refractivity contribution in [2.75, 3.05) is 11.9 Å². The molecule has 4 nitrogen and oxygen atoms in total. The highest BCUT2D eigenvalue weighted by Gasteiger charge is 2.04. The zero-order valence-corrected chi connectivity index (χ0v) is 15.5. The highest BCUT2D eigenvalue weighted by atomic mass is 32.2. The Morgan fingerprint density at radius 1 is 0.889 bits per heavy atom. The van der Waals surface area contributed by atoms with Gasteiger partial charge in [0.2, 0.25) is 11.8 Å². The SMILES string of the molecule is O=C(C=CSc1ccccc1)NCCC(=O)Nc1ccc2ccccc2c1. The Labute approximate surface area is 162 Å². The second-order valence-corrected chi connectivity index (χ2v) is 6.86. The number of carbonyl (C=O) groups is 2. The van der Waals surface area contributed by atoms with Crippen molar-refractivity contribution in [1.29, 1.82) is 0 Å². The maximum Gasteiger partial charge on any atom is 0.244 e. The normalized spacial score (nSPS) is 10.8. The van der Waals surface area contributed by atoms with Crippen molar-refractivity contribution in [1.82, 2.24) is 5.32 Å². The van der Waals surface area contributed by atoms with Crippen LogP contribution in [-0.2, 0) is 9.59 Å².